The summed E-state index contributed by atoms with van der Waals surface area (Å²) in [6.45, 7) is 0. The first-order valence-electron chi connectivity index (χ1n) is 18.5. The second-order valence-electron chi connectivity index (χ2n) is 14.5. The van der Waals surface area contributed by atoms with Crippen LogP contribution in [-0.4, -0.2) is 19.1 Å². The SMILES string of the molecule is c1ccc(-n2c3ccccc3c3ccc(-c4nc5ccccc5nc4-n4c5cccc6c5c5c7c(ccc8ccc9cccc-6c9c87)ccc54)cc32)cc1. The van der Waals surface area contributed by atoms with Gasteiger partial charge in [0.2, 0.25) is 0 Å². The van der Waals surface area contributed by atoms with E-state index in [0.29, 0.717) is 0 Å². The Kier molecular flexibility index (Phi) is 5.34. The fraction of sp³-hybridized carbons (Fsp3) is 0. The van der Waals surface area contributed by atoms with E-state index in [1.165, 1.54) is 70.5 Å². The molecule has 0 bridgehead atoms. The largest absolute Gasteiger partial charge is 0.309 e. The number of benzene rings is 9. The molecule has 0 spiro atoms. The molecule has 0 saturated carbocycles. The average Bonchev–Trinajstić information content (AvgIpc) is 3.71. The molecule has 0 radical (unpaired) electrons. The number of aromatic nitrogens is 4. The van der Waals surface area contributed by atoms with E-state index in [-0.39, 0.29) is 0 Å². The fourth-order valence-corrected chi connectivity index (χ4v) is 9.55. The molecule has 0 atom stereocenters. The molecule has 9 aromatic carbocycles. The molecule has 3 aromatic heterocycles. The van der Waals surface area contributed by atoms with Crippen molar-refractivity contribution in [2.45, 2.75) is 0 Å². The maximum absolute atomic E-state index is 5.52. The van der Waals surface area contributed by atoms with Gasteiger partial charge in [0.05, 0.1) is 33.1 Å². The first-order valence-corrected chi connectivity index (χ1v) is 18.5. The maximum atomic E-state index is 5.52. The molecule has 12 aromatic rings. The monoisotopic (exact) mass is 684 g/mol. The molecule has 0 fully saturated rings. The van der Waals surface area contributed by atoms with Crippen LogP contribution in [0.25, 0.3) is 121 Å². The zero-order valence-electron chi connectivity index (χ0n) is 29.0. The van der Waals surface area contributed by atoms with E-state index in [4.69, 9.17) is 9.97 Å². The van der Waals surface area contributed by atoms with Crippen molar-refractivity contribution in [2.24, 2.45) is 0 Å². The van der Waals surface area contributed by atoms with Gasteiger partial charge in [0, 0.05) is 38.2 Å². The third kappa shape index (κ3) is 3.57. The van der Waals surface area contributed by atoms with Crippen LogP contribution in [0.15, 0.2) is 170 Å². The zero-order valence-corrected chi connectivity index (χ0v) is 29.0. The van der Waals surface area contributed by atoms with Crippen molar-refractivity contribution < 1.29 is 0 Å². The Balaban J connectivity index is 1.19. The van der Waals surface area contributed by atoms with Crippen LogP contribution in [0.1, 0.15) is 0 Å². The highest BCUT2D eigenvalue weighted by Gasteiger charge is 2.26. The molecular formula is C50H28N4. The Morgan fingerprint density at radius 1 is 0.352 bits per heavy atom. The van der Waals surface area contributed by atoms with Crippen LogP contribution in [0.2, 0.25) is 0 Å². The smallest absolute Gasteiger partial charge is 0.165 e. The molecule has 4 heteroatoms. The summed E-state index contributed by atoms with van der Waals surface area (Å²) in [6, 6.07) is 61.6. The molecule has 3 heterocycles. The summed E-state index contributed by atoms with van der Waals surface area (Å²) >= 11 is 0. The van der Waals surface area contributed by atoms with Crippen LogP contribution in [-0.2, 0) is 0 Å². The van der Waals surface area contributed by atoms with E-state index < -0.39 is 0 Å². The summed E-state index contributed by atoms with van der Waals surface area (Å²) in [5, 5.41) is 12.7. The van der Waals surface area contributed by atoms with Gasteiger partial charge in [-0.15, -0.1) is 0 Å². The third-order valence-corrected chi connectivity index (χ3v) is 11.8. The highest BCUT2D eigenvalue weighted by Crippen LogP contribution is 2.50. The van der Waals surface area contributed by atoms with Crippen LogP contribution in [0.3, 0.4) is 0 Å². The molecule has 0 unspecified atom stereocenters. The van der Waals surface area contributed by atoms with Gasteiger partial charge in [-0.1, -0.05) is 121 Å². The van der Waals surface area contributed by atoms with Gasteiger partial charge < -0.3 is 4.57 Å². The number of rotatable bonds is 3. The zero-order chi connectivity index (χ0) is 35.1. The van der Waals surface area contributed by atoms with Gasteiger partial charge in [-0.05, 0) is 86.6 Å². The quantitative estimate of drug-likeness (QED) is 0.174. The molecule has 1 aliphatic carbocycles. The number of hydrogen-bond acceptors (Lipinski definition) is 2. The third-order valence-electron chi connectivity index (χ3n) is 11.8. The van der Waals surface area contributed by atoms with Crippen LogP contribution in [0.5, 0.6) is 0 Å². The Bertz CT molecular complexity index is 3600. The van der Waals surface area contributed by atoms with E-state index >= 15 is 0 Å². The molecule has 0 aliphatic heterocycles. The normalized spacial score (nSPS) is 12.4. The highest BCUT2D eigenvalue weighted by molar-refractivity contribution is 6.38. The molecule has 54 heavy (non-hydrogen) atoms. The van der Waals surface area contributed by atoms with Crippen molar-refractivity contribution in [1.29, 1.82) is 0 Å². The number of hydrogen-bond donors (Lipinski definition) is 0. The van der Waals surface area contributed by atoms with Crippen molar-refractivity contribution in [3.63, 3.8) is 0 Å². The first-order chi connectivity index (χ1) is 26.8. The minimum Gasteiger partial charge on any atom is -0.309 e. The van der Waals surface area contributed by atoms with Crippen molar-refractivity contribution in [3.05, 3.63) is 170 Å². The average molecular weight is 685 g/mol. The minimum atomic E-state index is 0.825. The summed E-state index contributed by atoms with van der Waals surface area (Å²) in [7, 11) is 0. The van der Waals surface area contributed by atoms with Gasteiger partial charge in [-0.2, -0.15) is 0 Å². The van der Waals surface area contributed by atoms with Crippen LogP contribution in [0, 0.1) is 0 Å². The lowest BCUT2D eigenvalue weighted by molar-refractivity contribution is 1.08. The lowest BCUT2D eigenvalue weighted by Crippen LogP contribution is -2.04. The summed E-state index contributed by atoms with van der Waals surface area (Å²) in [5.41, 5.74) is 11.8. The molecule has 0 N–H and O–H groups in total. The van der Waals surface area contributed by atoms with Gasteiger partial charge >= 0.3 is 0 Å². The molecule has 0 amide bonds. The van der Waals surface area contributed by atoms with E-state index in [1.54, 1.807) is 0 Å². The number of para-hydroxylation sites is 4. The first kappa shape index (κ1) is 28.3. The van der Waals surface area contributed by atoms with Crippen LogP contribution < -0.4 is 0 Å². The second kappa shape index (κ2) is 10.2. The van der Waals surface area contributed by atoms with Gasteiger partial charge in [0.15, 0.2) is 5.82 Å². The van der Waals surface area contributed by atoms with E-state index in [0.717, 1.165) is 50.3 Å². The van der Waals surface area contributed by atoms with E-state index in [1.807, 2.05) is 6.07 Å². The molecule has 13 rings (SSSR count). The predicted molar refractivity (Wildman–Crippen MR) is 225 cm³/mol. The highest BCUT2D eigenvalue weighted by atomic mass is 15.1. The van der Waals surface area contributed by atoms with Gasteiger partial charge in [-0.3, -0.25) is 4.57 Å². The Morgan fingerprint density at radius 2 is 0.963 bits per heavy atom. The molecule has 0 saturated heterocycles. The summed E-state index contributed by atoms with van der Waals surface area (Å²) in [4.78, 5) is 11.0. The van der Waals surface area contributed by atoms with Crippen LogP contribution >= 0.6 is 0 Å². The topological polar surface area (TPSA) is 35.6 Å². The molecule has 248 valence electrons. The van der Waals surface area contributed by atoms with Gasteiger partial charge in [0.1, 0.15) is 5.69 Å². The number of fused-ring (bicyclic) bond motifs is 5. The van der Waals surface area contributed by atoms with Crippen molar-refractivity contribution in [3.8, 4) is 33.9 Å². The van der Waals surface area contributed by atoms with Crippen LogP contribution in [0.4, 0.5) is 0 Å². The van der Waals surface area contributed by atoms with E-state index in [9.17, 15) is 0 Å². The summed E-state index contributed by atoms with van der Waals surface area (Å²) < 4.78 is 4.75. The summed E-state index contributed by atoms with van der Waals surface area (Å²) in [5.74, 6) is 0.825. The fourth-order valence-electron chi connectivity index (χ4n) is 9.55. The van der Waals surface area contributed by atoms with Gasteiger partial charge in [0.25, 0.3) is 0 Å². The lowest BCUT2D eigenvalue weighted by Gasteiger charge is -2.16. The maximum Gasteiger partial charge on any atom is 0.165 e. The molecule has 4 nitrogen and oxygen atoms in total. The van der Waals surface area contributed by atoms with Crippen molar-refractivity contribution in [2.75, 3.05) is 0 Å². The second-order valence-corrected chi connectivity index (χ2v) is 14.5. The minimum absolute atomic E-state index is 0.825. The van der Waals surface area contributed by atoms with Crippen molar-refractivity contribution >= 4 is 87.0 Å². The van der Waals surface area contributed by atoms with Crippen molar-refractivity contribution in [1.82, 2.24) is 19.1 Å². The Labute approximate surface area is 308 Å². The van der Waals surface area contributed by atoms with Gasteiger partial charge in [-0.25, -0.2) is 9.97 Å². The lowest BCUT2D eigenvalue weighted by atomic mass is 9.93. The standard InChI is InChI=1S/C50H28N4/c1-2-11-33(12-3-1)53-40-18-7-4-13-34(40)35-26-24-32(28-43(35)53)49-50(52-39-17-6-5-16-38(39)51-49)54-41-19-9-15-37-36-14-8-10-29-20-21-30-22-23-31-25-27-42(54)48(47(37)41)46(31)45(30)44(29)36/h1-28H. The Morgan fingerprint density at radius 3 is 1.80 bits per heavy atom. The Hall–Kier alpha value is -7.30. The number of nitrogens with zero attached hydrogens (tertiary/aromatic N) is 4. The summed E-state index contributed by atoms with van der Waals surface area (Å²) in [6.07, 6.45) is 0. The van der Waals surface area contributed by atoms with E-state index in [2.05, 4.69) is 173 Å². The molecule has 1 aliphatic rings. The molecular weight excluding hydrogens is 657 g/mol. The predicted octanol–water partition coefficient (Wildman–Crippen LogP) is 12.9.